The highest BCUT2D eigenvalue weighted by atomic mass is 19.1. The van der Waals surface area contributed by atoms with Crippen LogP contribution in [0.5, 0.6) is 0 Å². The van der Waals surface area contributed by atoms with Crippen LogP contribution in [-0.4, -0.2) is 4.98 Å². The Kier molecular flexibility index (Phi) is 9.35. The van der Waals surface area contributed by atoms with Crippen molar-refractivity contribution in [2.75, 3.05) is 0 Å². The van der Waals surface area contributed by atoms with Crippen molar-refractivity contribution < 1.29 is 4.39 Å². The zero-order valence-electron chi connectivity index (χ0n) is 19.2. The molecule has 2 aromatic rings. The molecule has 2 heteroatoms. The molecule has 0 radical (unpaired) electrons. The number of rotatable bonds is 8. The van der Waals surface area contributed by atoms with E-state index in [2.05, 4.69) is 42.8 Å². The molecule has 1 nitrogen and oxygen atoms in total. The van der Waals surface area contributed by atoms with Crippen molar-refractivity contribution in [2.24, 2.45) is 5.92 Å². The Labute approximate surface area is 188 Å². The summed E-state index contributed by atoms with van der Waals surface area (Å²) in [6, 6.07) is 9.53. The van der Waals surface area contributed by atoms with Crippen LogP contribution in [0.3, 0.4) is 0 Å². The van der Waals surface area contributed by atoms with Crippen LogP contribution in [0.15, 0.2) is 42.6 Å². The third kappa shape index (κ3) is 7.35. The van der Waals surface area contributed by atoms with Crippen LogP contribution in [0.1, 0.15) is 106 Å². The Morgan fingerprint density at radius 2 is 1.84 bits per heavy atom. The number of nitrogens with zero attached hydrogens (tertiary/aromatic N) is 1. The first-order valence-corrected chi connectivity index (χ1v) is 12.1. The van der Waals surface area contributed by atoms with Crippen LogP contribution in [0.4, 0.5) is 4.39 Å². The van der Waals surface area contributed by atoms with E-state index in [1.165, 1.54) is 51.4 Å². The lowest BCUT2D eigenvalue weighted by molar-refractivity contribution is 0.302. The third-order valence-corrected chi connectivity index (χ3v) is 6.40. The van der Waals surface area contributed by atoms with Crippen LogP contribution in [0.2, 0.25) is 0 Å². The summed E-state index contributed by atoms with van der Waals surface area (Å²) in [7, 11) is 0. The number of unbranched alkanes of at least 4 members (excludes halogenated alkanes) is 3. The first-order chi connectivity index (χ1) is 15.2. The predicted molar refractivity (Wildman–Crippen MR) is 129 cm³/mol. The molecule has 31 heavy (non-hydrogen) atoms. The number of hydrogen-bond donors (Lipinski definition) is 0. The van der Waals surface area contributed by atoms with Gasteiger partial charge in [-0.2, -0.15) is 0 Å². The standard InChI is InChI=1S/C29H36FN/c1-3-5-7-9-23-11-15-25(16-12-23)27-19-18-26(29(30)21-27)17-13-24-14-20-28(31-22-24)10-8-6-4-2/h8,10,14,18-23,25H,3-7,9,11-12,15-16H2,1-2H3. The summed E-state index contributed by atoms with van der Waals surface area (Å²) >= 11 is 0. The molecule has 1 fully saturated rings. The predicted octanol–water partition coefficient (Wildman–Crippen LogP) is 8.29. The molecule has 1 heterocycles. The highest BCUT2D eigenvalue weighted by Gasteiger charge is 2.22. The van der Waals surface area contributed by atoms with Crippen molar-refractivity contribution in [3.8, 4) is 11.8 Å². The lowest BCUT2D eigenvalue weighted by Gasteiger charge is -2.29. The van der Waals surface area contributed by atoms with Gasteiger partial charge in [-0.25, -0.2) is 4.39 Å². The molecular weight excluding hydrogens is 381 g/mol. The second kappa shape index (κ2) is 12.5. The average molecular weight is 418 g/mol. The van der Waals surface area contributed by atoms with E-state index in [1.54, 1.807) is 12.3 Å². The molecule has 1 aliphatic rings. The first-order valence-electron chi connectivity index (χ1n) is 12.1. The Bertz CT molecular complexity index is 893. The Morgan fingerprint density at radius 3 is 2.52 bits per heavy atom. The van der Waals surface area contributed by atoms with Crippen LogP contribution in [0.25, 0.3) is 6.08 Å². The fourth-order valence-electron chi connectivity index (χ4n) is 4.44. The van der Waals surface area contributed by atoms with Crippen LogP contribution < -0.4 is 0 Å². The Morgan fingerprint density at radius 1 is 1.00 bits per heavy atom. The molecule has 1 aromatic heterocycles. The largest absolute Gasteiger partial charge is 0.256 e. The highest BCUT2D eigenvalue weighted by molar-refractivity contribution is 5.48. The number of pyridine rings is 1. The van der Waals surface area contributed by atoms with Gasteiger partial charge < -0.3 is 0 Å². The lowest BCUT2D eigenvalue weighted by atomic mass is 9.77. The zero-order chi connectivity index (χ0) is 21.9. The summed E-state index contributed by atoms with van der Waals surface area (Å²) in [6.07, 6.45) is 18.4. The molecule has 1 saturated carbocycles. The highest BCUT2D eigenvalue weighted by Crippen LogP contribution is 2.38. The zero-order valence-corrected chi connectivity index (χ0v) is 19.2. The lowest BCUT2D eigenvalue weighted by Crippen LogP contribution is -2.13. The smallest absolute Gasteiger partial charge is 0.139 e. The van der Waals surface area contributed by atoms with Crippen molar-refractivity contribution in [1.82, 2.24) is 4.98 Å². The SMILES string of the molecule is CCCC=Cc1ccc(C#Cc2ccc(C3CCC(CCCCC)CC3)cc2F)cn1. The van der Waals surface area contributed by atoms with Gasteiger partial charge in [-0.15, -0.1) is 0 Å². The Balaban J connectivity index is 1.57. The summed E-state index contributed by atoms with van der Waals surface area (Å²) in [5.74, 6) is 7.20. The van der Waals surface area contributed by atoms with Crippen LogP contribution in [-0.2, 0) is 0 Å². The van der Waals surface area contributed by atoms with Gasteiger partial charge in [-0.05, 0) is 79.8 Å². The summed E-state index contributed by atoms with van der Waals surface area (Å²) in [4.78, 5) is 4.41. The minimum atomic E-state index is -0.206. The summed E-state index contributed by atoms with van der Waals surface area (Å²) in [6.45, 7) is 4.42. The van der Waals surface area contributed by atoms with E-state index in [0.29, 0.717) is 11.5 Å². The number of hydrogen-bond acceptors (Lipinski definition) is 1. The van der Waals surface area contributed by atoms with E-state index in [0.717, 1.165) is 35.6 Å². The van der Waals surface area contributed by atoms with E-state index < -0.39 is 0 Å². The molecule has 0 amide bonds. The van der Waals surface area contributed by atoms with E-state index in [-0.39, 0.29) is 5.82 Å². The third-order valence-electron chi connectivity index (χ3n) is 6.40. The molecule has 3 rings (SSSR count). The number of allylic oxidation sites excluding steroid dienone is 1. The number of benzene rings is 1. The molecule has 0 bridgehead atoms. The van der Waals surface area contributed by atoms with Crippen molar-refractivity contribution in [2.45, 2.75) is 84.0 Å². The fraction of sp³-hybridized carbons (Fsp3) is 0.483. The molecule has 0 N–H and O–H groups in total. The molecule has 1 aromatic carbocycles. The molecule has 0 unspecified atom stereocenters. The van der Waals surface area contributed by atoms with Gasteiger partial charge in [0.1, 0.15) is 5.82 Å². The van der Waals surface area contributed by atoms with Gasteiger partial charge in [0.25, 0.3) is 0 Å². The van der Waals surface area contributed by atoms with Gasteiger partial charge in [-0.3, -0.25) is 4.98 Å². The molecule has 0 spiro atoms. The maximum Gasteiger partial charge on any atom is 0.139 e. The van der Waals surface area contributed by atoms with E-state index in [1.807, 2.05) is 24.3 Å². The Hall–Kier alpha value is -2.40. The van der Waals surface area contributed by atoms with Crippen molar-refractivity contribution in [3.05, 3.63) is 70.8 Å². The maximum atomic E-state index is 14.7. The summed E-state index contributed by atoms with van der Waals surface area (Å²) in [5.41, 5.74) is 3.33. The summed E-state index contributed by atoms with van der Waals surface area (Å²) < 4.78 is 14.7. The number of halogens is 1. The monoisotopic (exact) mass is 417 g/mol. The van der Waals surface area contributed by atoms with Gasteiger partial charge in [0.05, 0.1) is 11.3 Å². The molecular formula is C29H36FN. The maximum absolute atomic E-state index is 14.7. The van der Waals surface area contributed by atoms with E-state index in [4.69, 9.17) is 0 Å². The number of aromatic nitrogens is 1. The van der Waals surface area contributed by atoms with Gasteiger partial charge in [0.2, 0.25) is 0 Å². The molecule has 0 atom stereocenters. The second-order valence-corrected chi connectivity index (χ2v) is 8.87. The fourth-order valence-corrected chi connectivity index (χ4v) is 4.44. The minimum Gasteiger partial charge on any atom is -0.256 e. The van der Waals surface area contributed by atoms with Crippen LogP contribution in [0, 0.1) is 23.6 Å². The van der Waals surface area contributed by atoms with Crippen molar-refractivity contribution in [3.63, 3.8) is 0 Å². The molecule has 0 saturated heterocycles. The summed E-state index contributed by atoms with van der Waals surface area (Å²) in [5, 5.41) is 0. The quantitative estimate of drug-likeness (QED) is 0.311. The second-order valence-electron chi connectivity index (χ2n) is 8.87. The van der Waals surface area contributed by atoms with Gasteiger partial charge >= 0.3 is 0 Å². The first kappa shape index (κ1) is 23.3. The van der Waals surface area contributed by atoms with Gasteiger partial charge in [0.15, 0.2) is 0 Å². The van der Waals surface area contributed by atoms with Crippen molar-refractivity contribution in [1.29, 1.82) is 0 Å². The van der Waals surface area contributed by atoms with Gasteiger partial charge in [0, 0.05) is 11.8 Å². The van der Waals surface area contributed by atoms with E-state index >= 15 is 0 Å². The molecule has 164 valence electrons. The molecule has 1 aliphatic carbocycles. The normalized spacial score (nSPS) is 18.7. The minimum absolute atomic E-state index is 0.206. The van der Waals surface area contributed by atoms with Crippen LogP contribution >= 0.6 is 0 Å². The average Bonchev–Trinajstić information content (AvgIpc) is 2.80. The van der Waals surface area contributed by atoms with Crippen molar-refractivity contribution >= 4 is 6.08 Å². The van der Waals surface area contributed by atoms with Gasteiger partial charge in [-0.1, -0.05) is 69.9 Å². The molecule has 0 aliphatic heterocycles. The topological polar surface area (TPSA) is 12.9 Å². The van der Waals surface area contributed by atoms with E-state index in [9.17, 15) is 4.39 Å².